The van der Waals surface area contributed by atoms with Gasteiger partial charge >= 0.3 is 11.8 Å². The molecule has 1 amide bonds. The van der Waals surface area contributed by atoms with Crippen LogP contribution >= 0.6 is 0 Å². The second-order valence-electron chi connectivity index (χ2n) is 9.74. The first-order chi connectivity index (χ1) is 14.3. The molecule has 2 heterocycles. The monoisotopic (exact) mass is 414 g/mol. The first-order valence-corrected chi connectivity index (χ1v) is 11.2. The third-order valence-electron chi connectivity index (χ3n) is 6.42. The van der Waals surface area contributed by atoms with Crippen LogP contribution in [-0.2, 0) is 4.74 Å². The van der Waals surface area contributed by atoms with E-state index in [0.717, 1.165) is 62.6 Å². The van der Waals surface area contributed by atoms with Gasteiger partial charge in [-0.2, -0.15) is 0 Å². The maximum Gasteiger partial charge on any atom is 0.407 e. The number of imidazole rings is 1. The van der Waals surface area contributed by atoms with E-state index in [2.05, 4.69) is 15.2 Å². The zero-order chi connectivity index (χ0) is 21.3. The third-order valence-corrected chi connectivity index (χ3v) is 6.42. The number of hydrogen-bond acceptors (Lipinski definition) is 4. The lowest BCUT2D eigenvalue weighted by molar-refractivity contribution is 0.0466. The van der Waals surface area contributed by atoms with Gasteiger partial charge < -0.3 is 19.9 Å². The lowest BCUT2D eigenvalue weighted by Gasteiger charge is -2.41. The maximum atomic E-state index is 12.5. The highest BCUT2D eigenvalue weighted by Gasteiger charge is 2.31. The Labute approximate surface area is 177 Å². The number of nitrogens with one attached hydrogen (secondary N) is 2. The molecule has 1 aromatic carbocycles. The van der Waals surface area contributed by atoms with Gasteiger partial charge in [0, 0.05) is 31.2 Å². The quantitative estimate of drug-likeness (QED) is 0.801. The first-order valence-electron chi connectivity index (χ1n) is 11.2. The van der Waals surface area contributed by atoms with Crippen molar-refractivity contribution in [3.63, 3.8) is 0 Å². The second-order valence-corrected chi connectivity index (χ2v) is 9.74. The van der Waals surface area contributed by atoms with E-state index in [0.29, 0.717) is 6.04 Å². The molecule has 30 heavy (non-hydrogen) atoms. The van der Waals surface area contributed by atoms with E-state index in [1.807, 2.05) is 49.6 Å². The van der Waals surface area contributed by atoms with Gasteiger partial charge in [-0.3, -0.25) is 4.57 Å². The lowest BCUT2D eigenvalue weighted by atomic mass is 9.89. The molecule has 1 aromatic heterocycles. The number of fused-ring (bicyclic) bond motifs is 1. The van der Waals surface area contributed by atoms with Crippen molar-refractivity contribution in [3.8, 4) is 0 Å². The Kier molecular flexibility index (Phi) is 5.91. The Bertz CT molecular complexity index is 926. The summed E-state index contributed by atoms with van der Waals surface area (Å²) < 4.78 is 7.33. The zero-order valence-corrected chi connectivity index (χ0v) is 18.3. The number of aromatic amines is 1. The van der Waals surface area contributed by atoms with Crippen LogP contribution in [-0.4, -0.2) is 51.3 Å². The highest BCUT2D eigenvalue weighted by Crippen LogP contribution is 2.30. The average Bonchev–Trinajstić information content (AvgIpc) is 3.03. The smallest absolute Gasteiger partial charge is 0.407 e. The van der Waals surface area contributed by atoms with Crippen LogP contribution in [0.1, 0.15) is 65.3 Å². The summed E-state index contributed by atoms with van der Waals surface area (Å²) in [6.45, 7) is 7.70. The molecule has 7 heteroatoms. The molecule has 2 N–H and O–H groups in total. The number of nitrogens with zero attached hydrogens (tertiary/aromatic N) is 2. The molecule has 0 atom stereocenters. The number of para-hydroxylation sites is 2. The molecule has 1 saturated heterocycles. The SMILES string of the molecule is CC(C)(C)OC(=O)N[C@H]1CC[C@H](N2CCC(n3c(=O)[nH]c4ccccc43)CC2)CC1. The minimum absolute atomic E-state index is 0.00313. The van der Waals surface area contributed by atoms with E-state index in [1.54, 1.807) is 0 Å². The predicted octanol–water partition coefficient (Wildman–Crippen LogP) is 3.80. The summed E-state index contributed by atoms with van der Waals surface area (Å²) >= 11 is 0. The fourth-order valence-corrected chi connectivity index (χ4v) is 5.01. The molecule has 2 fully saturated rings. The van der Waals surface area contributed by atoms with Crippen LogP contribution in [0, 0.1) is 0 Å². The molecule has 0 radical (unpaired) electrons. The van der Waals surface area contributed by atoms with Crippen LogP contribution in [0.2, 0.25) is 0 Å². The van der Waals surface area contributed by atoms with Crippen molar-refractivity contribution in [2.45, 2.75) is 83.0 Å². The normalized spacial score (nSPS) is 24.1. The Morgan fingerprint density at radius 3 is 2.37 bits per heavy atom. The summed E-state index contributed by atoms with van der Waals surface area (Å²) in [4.78, 5) is 30.1. The Morgan fingerprint density at radius 1 is 1.03 bits per heavy atom. The van der Waals surface area contributed by atoms with Crippen LogP contribution in [0.15, 0.2) is 29.1 Å². The molecule has 164 valence electrons. The van der Waals surface area contributed by atoms with Gasteiger partial charge in [0.15, 0.2) is 0 Å². The summed E-state index contributed by atoms with van der Waals surface area (Å²) in [5.74, 6) is 0. The van der Waals surface area contributed by atoms with Gasteiger partial charge in [0.1, 0.15) is 5.60 Å². The molecule has 1 aliphatic carbocycles. The number of hydrogen-bond donors (Lipinski definition) is 2. The number of H-pyrrole nitrogens is 1. The molecule has 0 bridgehead atoms. The van der Waals surface area contributed by atoms with E-state index < -0.39 is 5.60 Å². The third kappa shape index (κ3) is 4.72. The number of amides is 1. The molecule has 1 aliphatic heterocycles. The number of benzene rings is 1. The van der Waals surface area contributed by atoms with Crippen LogP contribution in [0.4, 0.5) is 4.79 Å². The van der Waals surface area contributed by atoms with Crippen LogP contribution in [0.25, 0.3) is 11.0 Å². The molecule has 0 spiro atoms. The van der Waals surface area contributed by atoms with E-state index in [-0.39, 0.29) is 23.9 Å². The van der Waals surface area contributed by atoms with Gasteiger partial charge in [0.2, 0.25) is 0 Å². The van der Waals surface area contributed by atoms with E-state index in [9.17, 15) is 9.59 Å². The maximum absolute atomic E-state index is 12.5. The number of likely N-dealkylation sites (tertiary alicyclic amines) is 1. The number of alkyl carbamates (subject to hydrolysis) is 1. The van der Waals surface area contributed by atoms with Crippen molar-refractivity contribution in [1.29, 1.82) is 0 Å². The van der Waals surface area contributed by atoms with Crippen molar-refractivity contribution in [1.82, 2.24) is 19.8 Å². The van der Waals surface area contributed by atoms with E-state index in [1.165, 1.54) is 0 Å². The molecular weight excluding hydrogens is 380 g/mol. The fraction of sp³-hybridized carbons (Fsp3) is 0.652. The van der Waals surface area contributed by atoms with Crippen LogP contribution in [0.5, 0.6) is 0 Å². The van der Waals surface area contributed by atoms with Gasteiger partial charge in [-0.05, 0) is 71.4 Å². The predicted molar refractivity (Wildman–Crippen MR) is 118 cm³/mol. The molecular formula is C23H34N4O3. The summed E-state index contributed by atoms with van der Waals surface area (Å²) in [5.41, 5.74) is 1.47. The van der Waals surface area contributed by atoms with Gasteiger partial charge in [-0.15, -0.1) is 0 Å². The molecule has 7 nitrogen and oxygen atoms in total. The minimum atomic E-state index is -0.460. The standard InChI is InChI=1S/C23H34N4O3/c1-23(2,3)30-22(29)24-16-8-10-17(11-9-16)26-14-12-18(13-15-26)27-20-7-5-4-6-19(20)25-21(27)28/h4-7,16-18H,8-15H2,1-3H3,(H,24,29)(H,25,28)/t16-,17-. The van der Waals surface area contributed by atoms with E-state index >= 15 is 0 Å². The average molecular weight is 415 g/mol. The summed E-state index contributed by atoms with van der Waals surface area (Å²) in [6.07, 6.45) is 5.86. The fourth-order valence-electron chi connectivity index (χ4n) is 5.01. The highest BCUT2D eigenvalue weighted by atomic mass is 16.6. The number of carbonyl (C=O) groups is 1. The number of piperidine rings is 1. The molecule has 2 aromatic rings. The van der Waals surface area contributed by atoms with Crippen LogP contribution < -0.4 is 11.0 Å². The van der Waals surface area contributed by atoms with Crippen molar-refractivity contribution in [2.24, 2.45) is 0 Å². The number of rotatable bonds is 3. The van der Waals surface area contributed by atoms with Gasteiger partial charge in [-0.1, -0.05) is 12.1 Å². The van der Waals surface area contributed by atoms with Gasteiger partial charge in [-0.25, -0.2) is 9.59 Å². The van der Waals surface area contributed by atoms with Crippen molar-refractivity contribution < 1.29 is 9.53 Å². The number of carbonyl (C=O) groups excluding carboxylic acids is 1. The van der Waals surface area contributed by atoms with Crippen LogP contribution in [0.3, 0.4) is 0 Å². The van der Waals surface area contributed by atoms with Crippen molar-refractivity contribution in [3.05, 3.63) is 34.7 Å². The van der Waals surface area contributed by atoms with Crippen molar-refractivity contribution >= 4 is 17.1 Å². The zero-order valence-electron chi connectivity index (χ0n) is 18.3. The topological polar surface area (TPSA) is 79.4 Å². The van der Waals surface area contributed by atoms with Gasteiger partial charge in [0.05, 0.1) is 11.0 Å². The second kappa shape index (κ2) is 8.46. The number of ether oxygens (including phenoxy) is 1. The molecule has 1 saturated carbocycles. The largest absolute Gasteiger partial charge is 0.444 e. The summed E-state index contributed by atoms with van der Waals surface area (Å²) in [6, 6.07) is 8.98. The Morgan fingerprint density at radius 2 is 1.70 bits per heavy atom. The first kappa shape index (κ1) is 21.0. The van der Waals surface area contributed by atoms with Gasteiger partial charge in [0.25, 0.3) is 0 Å². The van der Waals surface area contributed by atoms with E-state index in [4.69, 9.17) is 4.74 Å². The lowest BCUT2D eigenvalue weighted by Crippen LogP contribution is -2.47. The number of aromatic nitrogens is 2. The molecule has 0 unspecified atom stereocenters. The summed E-state index contributed by atoms with van der Waals surface area (Å²) in [5, 5.41) is 3.03. The Hall–Kier alpha value is -2.28. The minimum Gasteiger partial charge on any atom is -0.444 e. The Balaban J connectivity index is 1.28. The van der Waals surface area contributed by atoms with Crippen molar-refractivity contribution in [2.75, 3.05) is 13.1 Å². The highest BCUT2D eigenvalue weighted by molar-refractivity contribution is 5.75. The summed E-state index contributed by atoms with van der Waals surface area (Å²) in [7, 11) is 0. The molecule has 4 rings (SSSR count). The molecule has 2 aliphatic rings.